The topological polar surface area (TPSA) is 12.0 Å². The second-order valence-electron chi connectivity index (χ2n) is 4.36. The van der Waals surface area contributed by atoms with Gasteiger partial charge in [0.1, 0.15) is 5.82 Å². The van der Waals surface area contributed by atoms with Crippen LogP contribution in [0.5, 0.6) is 0 Å². The number of anilines is 1. The molecular weight excluding hydrogens is 329 g/mol. The molecule has 3 rings (SSSR count). The van der Waals surface area contributed by atoms with Gasteiger partial charge in [-0.05, 0) is 29.8 Å². The summed E-state index contributed by atoms with van der Waals surface area (Å²) in [5.41, 5.74) is 3.73. The Kier molecular flexibility index (Phi) is 3.33. The summed E-state index contributed by atoms with van der Waals surface area (Å²) in [6.07, 6.45) is 1.84. The number of halogens is 3. The second-order valence-corrected chi connectivity index (χ2v) is 5.68. The molecular formula is C15H10BrClFN. The van der Waals surface area contributed by atoms with Gasteiger partial charge in [-0.15, -0.1) is 0 Å². The summed E-state index contributed by atoms with van der Waals surface area (Å²) in [4.78, 5) is 0. The molecule has 0 bridgehead atoms. The van der Waals surface area contributed by atoms with Crippen LogP contribution >= 0.6 is 27.5 Å². The van der Waals surface area contributed by atoms with Crippen LogP contribution in [0.3, 0.4) is 0 Å². The third-order valence-corrected chi connectivity index (χ3v) is 3.89. The molecule has 1 N–H and O–H groups in total. The van der Waals surface area contributed by atoms with Crippen LogP contribution in [0.25, 0.3) is 11.6 Å². The minimum Gasteiger partial charge on any atom is -0.380 e. The average Bonchev–Trinajstić information content (AvgIpc) is 2.77. The van der Waals surface area contributed by atoms with E-state index < -0.39 is 0 Å². The Morgan fingerprint density at radius 2 is 2.11 bits per heavy atom. The Morgan fingerprint density at radius 1 is 1.26 bits per heavy atom. The molecule has 2 aromatic carbocycles. The van der Waals surface area contributed by atoms with Crippen molar-refractivity contribution in [3.05, 3.63) is 62.8 Å². The standard InChI is InChI=1S/C15H10BrClFN/c16-11-4-5-12-10(8-19-14(12)7-11)6-9-2-1-3-13(17)15(9)18/h1-7,19H,8H2. The number of fused-ring (bicyclic) bond motifs is 1. The van der Waals surface area contributed by atoms with Gasteiger partial charge in [-0.25, -0.2) is 4.39 Å². The lowest BCUT2D eigenvalue weighted by Crippen LogP contribution is -1.92. The van der Waals surface area contributed by atoms with Crippen LogP contribution < -0.4 is 5.32 Å². The smallest absolute Gasteiger partial charge is 0.149 e. The van der Waals surface area contributed by atoms with Crippen LogP contribution in [-0.2, 0) is 0 Å². The summed E-state index contributed by atoms with van der Waals surface area (Å²) < 4.78 is 14.9. The van der Waals surface area contributed by atoms with Gasteiger partial charge >= 0.3 is 0 Å². The molecule has 0 saturated heterocycles. The average molecular weight is 339 g/mol. The van der Waals surface area contributed by atoms with E-state index in [0.29, 0.717) is 12.1 Å². The van der Waals surface area contributed by atoms with Gasteiger partial charge in [0.2, 0.25) is 0 Å². The van der Waals surface area contributed by atoms with Crippen LogP contribution in [0.2, 0.25) is 5.02 Å². The van der Waals surface area contributed by atoms with Crippen molar-refractivity contribution in [2.24, 2.45) is 0 Å². The molecule has 1 aliphatic heterocycles. The van der Waals surface area contributed by atoms with Gasteiger partial charge in [0.25, 0.3) is 0 Å². The molecule has 0 spiro atoms. The van der Waals surface area contributed by atoms with Crippen molar-refractivity contribution in [2.75, 3.05) is 11.9 Å². The zero-order valence-electron chi connectivity index (χ0n) is 9.88. The Morgan fingerprint density at radius 3 is 2.95 bits per heavy atom. The van der Waals surface area contributed by atoms with E-state index in [9.17, 15) is 4.39 Å². The maximum absolute atomic E-state index is 13.9. The largest absolute Gasteiger partial charge is 0.380 e. The fourth-order valence-electron chi connectivity index (χ4n) is 2.18. The van der Waals surface area contributed by atoms with Crippen LogP contribution in [0.1, 0.15) is 11.1 Å². The van der Waals surface area contributed by atoms with E-state index in [1.807, 2.05) is 24.3 Å². The highest BCUT2D eigenvalue weighted by Gasteiger charge is 2.16. The molecule has 19 heavy (non-hydrogen) atoms. The molecule has 0 unspecified atom stereocenters. The molecule has 2 aromatic rings. The van der Waals surface area contributed by atoms with E-state index in [4.69, 9.17) is 11.6 Å². The highest BCUT2D eigenvalue weighted by atomic mass is 79.9. The van der Waals surface area contributed by atoms with E-state index >= 15 is 0 Å². The molecule has 0 aliphatic carbocycles. The number of hydrogen-bond donors (Lipinski definition) is 1. The van der Waals surface area contributed by atoms with Crippen molar-refractivity contribution in [3.8, 4) is 0 Å². The fourth-order valence-corrected chi connectivity index (χ4v) is 2.72. The fraction of sp³-hybridized carbons (Fsp3) is 0.0667. The molecule has 0 fully saturated rings. The quantitative estimate of drug-likeness (QED) is 0.753. The first kappa shape index (κ1) is 12.7. The summed E-state index contributed by atoms with van der Waals surface area (Å²) in [5.74, 6) is -0.373. The van der Waals surface area contributed by atoms with Crippen molar-refractivity contribution in [3.63, 3.8) is 0 Å². The number of hydrogen-bond acceptors (Lipinski definition) is 1. The third-order valence-electron chi connectivity index (χ3n) is 3.11. The number of nitrogens with one attached hydrogen (secondary N) is 1. The molecule has 0 amide bonds. The lowest BCUT2D eigenvalue weighted by molar-refractivity contribution is 0.625. The maximum atomic E-state index is 13.9. The Balaban J connectivity index is 2.06. The monoisotopic (exact) mass is 337 g/mol. The third kappa shape index (κ3) is 2.40. The molecule has 0 saturated carbocycles. The van der Waals surface area contributed by atoms with E-state index in [1.165, 1.54) is 0 Å². The molecule has 0 atom stereocenters. The first-order chi connectivity index (χ1) is 9.15. The van der Waals surface area contributed by atoms with E-state index in [-0.39, 0.29) is 10.8 Å². The SMILES string of the molecule is Fc1c(Cl)cccc1C=C1CNc2cc(Br)ccc21. The molecule has 1 heterocycles. The maximum Gasteiger partial charge on any atom is 0.149 e. The summed E-state index contributed by atoms with van der Waals surface area (Å²) >= 11 is 9.23. The normalized spacial score (nSPS) is 15.4. The molecule has 4 heteroatoms. The zero-order chi connectivity index (χ0) is 13.4. The molecule has 96 valence electrons. The van der Waals surface area contributed by atoms with Crippen molar-refractivity contribution >= 4 is 44.9 Å². The molecule has 0 aromatic heterocycles. The highest BCUT2D eigenvalue weighted by molar-refractivity contribution is 9.10. The van der Waals surface area contributed by atoms with Gasteiger partial charge in [0, 0.05) is 27.8 Å². The van der Waals surface area contributed by atoms with Gasteiger partial charge in [0.05, 0.1) is 5.02 Å². The Bertz CT molecular complexity index is 682. The van der Waals surface area contributed by atoms with Crippen LogP contribution in [0, 0.1) is 5.82 Å². The summed E-state index contributed by atoms with van der Waals surface area (Å²) in [7, 11) is 0. The predicted octanol–water partition coefficient (Wildman–Crippen LogP) is 5.21. The van der Waals surface area contributed by atoms with E-state index in [2.05, 4.69) is 21.2 Å². The molecule has 1 nitrogen and oxygen atoms in total. The zero-order valence-corrected chi connectivity index (χ0v) is 12.2. The first-order valence-electron chi connectivity index (χ1n) is 5.83. The van der Waals surface area contributed by atoms with Gasteiger partial charge in [-0.1, -0.05) is 45.7 Å². The predicted molar refractivity (Wildman–Crippen MR) is 81.9 cm³/mol. The minimum atomic E-state index is -0.373. The molecule has 1 aliphatic rings. The summed E-state index contributed by atoms with van der Waals surface area (Å²) in [6, 6.07) is 11.1. The first-order valence-corrected chi connectivity index (χ1v) is 7.00. The van der Waals surface area contributed by atoms with Gasteiger partial charge in [-0.2, -0.15) is 0 Å². The minimum absolute atomic E-state index is 0.149. The highest BCUT2D eigenvalue weighted by Crippen LogP contribution is 2.34. The molecule has 0 radical (unpaired) electrons. The summed E-state index contributed by atoms with van der Waals surface area (Å²) in [5, 5.41) is 3.44. The van der Waals surface area contributed by atoms with Crippen molar-refractivity contribution in [1.82, 2.24) is 0 Å². The van der Waals surface area contributed by atoms with Crippen LogP contribution in [0.4, 0.5) is 10.1 Å². The lowest BCUT2D eigenvalue weighted by Gasteiger charge is -2.02. The van der Waals surface area contributed by atoms with Crippen LogP contribution in [-0.4, -0.2) is 6.54 Å². The van der Waals surface area contributed by atoms with Crippen molar-refractivity contribution in [1.29, 1.82) is 0 Å². The number of rotatable bonds is 1. The van der Waals surface area contributed by atoms with Gasteiger partial charge in [-0.3, -0.25) is 0 Å². The van der Waals surface area contributed by atoms with Gasteiger partial charge < -0.3 is 5.32 Å². The Labute approximate surface area is 124 Å². The number of benzene rings is 2. The second kappa shape index (κ2) is 4.99. The van der Waals surface area contributed by atoms with E-state index in [1.54, 1.807) is 18.2 Å². The van der Waals surface area contributed by atoms with E-state index in [0.717, 1.165) is 21.3 Å². The lowest BCUT2D eigenvalue weighted by atomic mass is 10.0. The van der Waals surface area contributed by atoms with Crippen molar-refractivity contribution in [2.45, 2.75) is 0 Å². The van der Waals surface area contributed by atoms with Crippen LogP contribution in [0.15, 0.2) is 40.9 Å². The van der Waals surface area contributed by atoms with Gasteiger partial charge in [0.15, 0.2) is 0 Å². The summed E-state index contributed by atoms with van der Waals surface area (Å²) in [6.45, 7) is 0.692. The van der Waals surface area contributed by atoms with Crippen molar-refractivity contribution < 1.29 is 4.39 Å². The Hall–Kier alpha value is -1.32.